The van der Waals surface area contributed by atoms with Crippen molar-refractivity contribution in [3.05, 3.63) is 54.5 Å². The lowest BCUT2D eigenvalue weighted by molar-refractivity contribution is 0.146. The largest absolute Gasteiger partial charge is 0.468 e. The molecule has 0 spiro atoms. The normalized spacial score (nSPS) is 21.2. The van der Waals surface area contributed by atoms with Gasteiger partial charge in [-0.15, -0.1) is 24.0 Å². The quantitative estimate of drug-likeness (QED) is 0.342. The van der Waals surface area contributed by atoms with E-state index in [0.717, 1.165) is 50.9 Å². The molecule has 0 radical (unpaired) electrons. The van der Waals surface area contributed by atoms with E-state index < -0.39 is 0 Å². The zero-order valence-corrected chi connectivity index (χ0v) is 20.1. The number of rotatable bonds is 6. The number of halogens is 1. The second-order valence-electron chi connectivity index (χ2n) is 7.99. The van der Waals surface area contributed by atoms with Gasteiger partial charge in [0.25, 0.3) is 0 Å². The van der Waals surface area contributed by atoms with Crippen molar-refractivity contribution in [1.29, 1.82) is 0 Å². The van der Waals surface area contributed by atoms with Gasteiger partial charge in [0.1, 0.15) is 5.76 Å². The summed E-state index contributed by atoms with van der Waals surface area (Å²) in [5, 5.41) is 7.17. The van der Waals surface area contributed by atoms with Crippen molar-refractivity contribution < 1.29 is 4.42 Å². The fraction of sp³-hybridized carbons (Fsp3) is 0.522. The van der Waals surface area contributed by atoms with Gasteiger partial charge in [0, 0.05) is 38.4 Å². The van der Waals surface area contributed by atoms with Gasteiger partial charge in [-0.1, -0.05) is 24.6 Å². The Morgan fingerprint density at radius 1 is 1.10 bits per heavy atom. The number of likely N-dealkylation sites (tertiary alicyclic amines) is 1. The van der Waals surface area contributed by atoms with Crippen LogP contribution in [0.1, 0.15) is 37.5 Å². The standard InChI is InChI=1S/C23H33N5O.HI/c1-24-23(26-19-12-15-28(18-19)20-9-4-2-5-10-20)25-17-21(22-11-8-16-29-22)27-13-6-3-7-14-27;/h2,4-5,8-11,16,19,21H,3,6-7,12-15,17-18H2,1H3,(H2,24,25,26);1H. The number of para-hydroxylation sites is 1. The van der Waals surface area contributed by atoms with Crippen molar-refractivity contribution >= 4 is 35.6 Å². The van der Waals surface area contributed by atoms with Crippen LogP contribution in [0.2, 0.25) is 0 Å². The first-order valence-electron chi connectivity index (χ1n) is 10.9. The molecule has 7 heteroatoms. The van der Waals surface area contributed by atoms with Crippen molar-refractivity contribution in [1.82, 2.24) is 15.5 Å². The average Bonchev–Trinajstić information content (AvgIpc) is 3.47. The minimum Gasteiger partial charge on any atom is -0.468 e. The Morgan fingerprint density at radius 3 is 2.60 bits per heavy atom. The van der Waals surface area contributed by atoms with Gasteiger partial charge in [-0.3, -0.25) is 9.89 Å². The van der Waals surface area contributed by atoms with Crippen molar-refractivity contribution in [3.8, 4) is 0 Å². The molecule has 4 rings (SSSR count). The number of piperidine rings is 1. The predicted octanol–water partition coefficient (Wildman–Crippen LogP) is 3.87. The first-order valence-corrected chi connectivity index (χ1v) is 10.9. The molecule has 2 N–H and O–H groups in total. The van der Waals surface area contributed by atoms with Crippen LogP contribution in [0.3, 0.4) is 0 Å². The molecule has 2 fully saturated rings. The summed E-state index contributed by atoms with van der Waals surface area (Å²) in [5.74, 6) is 1.91. The number of aliphatic imine (C=N–C) groups is 1. The molecular formula is C23H34IN5O. The summed E-state index contributed by atoms with van der Waals surface area (Å²) in [6.45, 7) is 5.13. The highest BCUT2D eigenvalue weighted by atomic mass is 127. The molecule has 2 unspecified atom stereocenters. The van der Waals surface area contributed by atoms with Crippen LogP contribution in [0.5, 0.6) is 0 Å². The predicted molar refractivity (Wildman–Crippen MR) is 134 cm³/mol. The van der Waals surface area contributed by atoms with Crippen molar-refractivity contribution in [2.75, 3.05) is 44.7 Å². The van der Waals surface area contributed by atoms with E-state index in [1.54, 1.807) is 6.26 Å². The number of nitrogens with one attached hydrogen (secondary N) is 2. The number of benzene rings is 1. The molecule has 2 atom stereocenters. The first-order chi connectivity index (χ1) is 14.3. The van der Waals surface area contributed by atoms with Crippen molar-refractivity contribution in [2.45, 2.75) is 37.8 Å². The number of guanidine groups is 1. The zero-order chi connectivity index (χ0) is 19.9. The van der Waals surface area contributed by atoms with E-state index in [4.69, 9.17) is 4.42 Å². The van der Waals surface area contributed by atoms with E-state index in [9.17, 15) is 0 Å². The van der Waals surface area contributed by atoms with Gasteiger partial charge in [0.15, 0.2) is 5.96 Å². The molecule has 1 aromatic carbocycles. The second-order valence-corrected chi connectivity index (χ2v) is 7.99. The maximum atomic E-state index is 5.76. The van der Waals surface area contributed by atoms with Crippen molar-refractivity contribution in [2.24, 2.45) is 4.99 Å². The molecule has 2 aromatic rings. The molecule has 0 aliphatic carbocycles. The average molecular weight is 523 g/mol. The van der Waals surface area contributed by atoms with Crippen LogP contribution in [-0.2, 0) is 0 Å². The number of hydrogen-bond acceptors (Lipinski definition) is 4. The van der Waals surface area contributed by atoms with Crippen LogP contribution in [-0.4, -0.2) is 56.7 Å². The lowest BCUT2D eigenvalue weighted by Crippen LogP contribution is -2.48. The monoisotopic (exact) mass is 523 g/mol. The Bertz CT molecular complexity index is 761. The van der Waals surface area contributed by atoms with Gasteiger partial charge in [-0.05, 0) is 56.6 Å². The van der Waals surface area contributed by atoms with E-state index in [-0.39, 0.29) is 30.0 Å². The molecule has 6 nitrogen and oxygen atoms in total. The van der Waals surface area contributed by atoms with Gasteiger partial charge >= 0.3 is 0 Å². The van der Waals surface area contributed by atoms with E-state index >= 15 is 0 Å². The molecule has 2 aliphatic rings. The lowest BCUT2D eigenvalue weighted by Gasteiger charge is -2.34. The summed E-state index contributed by atoms with van der Waals surface area (Å²) in [7, 11) is 1.85. The SMILES string of the molecule is CN=C(NCC(c1ccco1)N1CCCCC1)NC1CCN(c2ccccc2)C1.I. The summed E-state index contributed by atoms with van der Waals surface area (Å²) in [6.07, 6.45) is 6.75. The third-order valence-electron chi connectivity index (χ3n) is 6.04. The van der Waals surface area contributed by atoms with E-state index in [0.29, 0.717) is 6.04 Å². The minimum atomic E-state index is 0. The highest BCUT2D eigenvalue weighted by Gasteiger charge is 2.26. The Morgan fingerprint density at radius 2 is 1.90 bits per heavy atom. The Kier molecular flexibility index (Phi) is 8.87. The van der Waals surface area contributed by atoms with Crippen LogP contribution < -0.4 is 15.5 Å². The van der Waals surface area contributed by atoms with Crippen LogP contribution in [0.4, 0.5) is 5.69 Å². The van der Waals surface area contributed by atoms with Gasteiger partial charge in [0.05, 0.1) is 12.3 Å². The molecule has 0 bridgehead atoms. The van der Waals surface area contributed by atoms with E-state index in [2.05, 4.69) is 61.8 Å². The second kappa shape index (κ2) is 11.6. The van der Waals surface area contributed by atoms with E-state index in [1.807, 2.05) is 13.1 Å². The number of anilines is 1. The van der Waals surface area contributed by atoms with Gasteiger partial charge in [-0.25, -0.2) is 0 Å². The van der Waals surface area contributed by atoms with E-state index in [1.165, 1.54) is 24.9 Å². The smallest absolute Gasteiger partial charge is 0.191 e. The maximum Gasteiger partial charge on any atom is 0.191 e. The third-order valence-corrected chi connectivity index (χ3v) is 6.04. The molecule has 30 heavy (non-hydrogen) atoms. The highest BCUT2D eigenvalue weighted by molar-refractivity contribution is 14.0. The van der Waals surface area contributed by atoms with Gasteiger partial charge in [0.2, 0.25) is 0 Å². The molecule has 1 aromatic heterocycles. The molecule has 2 saturated heterocycles. The molecular weight excluding hydrogens is 489 g/mol. The van der Waals surface area contributed by atoms with Crippen LogP contribution in [0.25, 0.3) is 0 Å². The van der Waals surface area contributed by atoms with Crippen LogP contribution in [0, 0.1) is 0 Å². The fourth-order valence-corrected chi connectivity index (χ4v) is 4.45. The summed E-state index contributed by atoms with van der Waals surface area (Å²) >= 11 is 0. The van der Waals surface area contributed by atoms with Crippen molar-refractivity contribution in [3.63, 3.8) is 0 Å². The molecule has 0 amide bonds. The molecule has 0 saturated carbocycles. The fourth-order valence-electron chi connectivity index (χ4n) is 4.45. The summed E-state index contributed by atoms with van der Waals surface area (Å²) < 4.78 is 5.76. The molecule has 2 aliphatic heterocycles. The first kappa shape index (κ1) is 22.9. The lowest BCUT2D eigenvalue weighted by atomic mass is 10.1. The maximum absolute atomic E-state index is 5.76. The van der Waals surface area contributed by atoms with Crippen LogP contribution in [0.15, 0.2) is 58.1 Å². The number of hydrogen-bond donors (Lipinski definition) is 2. The van der Waals surface area contributed by atoms with Crippen LogP contribution >= 0.6 is 24.0 Å². The van der Waals surface area contributed by atoms with Gasteiger partial charge in [-0.2, -0.15) is 0 Å². The summed E-state index contributed by atoms with van der Waals surface area (Å²) in [4.78, 5) is 9.45. The minimum absolute atomic E-state index is 0. The van der Waals surface area contributed by atoms with Gasteiger partial charge < -0.3 is 20.0 Å². The Hall–Kier alpha value is -1.74. The zero-order valence-electron chi connectivity index (χ0n) is 17.8. The summed E-state index contributed by atoms with van der Waals surface area (Å²) in [6, 6.07) is 15.4. The summed E-state index contributed by atoms with van der Waals surface area (Å²) in [5.41, 5.74) is 1.29. The number of nitrogens with zero attached hydrogens (tertiary/aromatic N) is 3. The topological polar surface area (TPSA) is 56.0 Å². The Balaban J connectivity index is 0.00000256. The molecule has 3 heterocycles. The Labute approximate surface area is 197 Å². The highest BCUT2D eigenvalue weighted by Crippen LogP contribution is 2.24. The molecule has 164 valence electrons. The number of furan rings is 1. The third kappa shape index (κ3) is 5.91.